The van der Waals surface area contributed by atoms with Crippen LogP contribution in [0.3, 0.4) is 0 Å². The Balaban J connectivity index is 1.69. The quantitative estimate of drug-likeness (QED) is 0.185. The topological polar surface area (TPSA) is 108 Å². The van der Waals surface area contributed by atoms with Crippen LogP contribution in [-0.2, 0) is 19.1 Å². The molecule has 39 heavy (non-hydrogen) atoms. The molecule has 0 radical (unpaired) electrons. The van der Waals surface area contributed by atoms with Crippen LogP contribution in [0.4, 0.5) is 0 Å². The van der Waals surface area contributed by atoms with Gasteiger partial charge in [-0.2, -0.15) is 0 Å². The maximum Gasteiger partial charge on any atom is 0.303 e. The molecule has 4 rings (SSSR count). The Hall–Kier alpha value is -1.99. The summed E-state index contributed by atoms with van der Waals surface area (Å²) in [5, 5.41) is 15.2. The number of hydrogen-bond donors (Lipinski definition) is 0. The second kappa shape index (κ2) is 11.1. The lowest BCUT2D eigenvalue weighted by atomic mass is 9.42. The SMILES string of the molecule is CC(=O)O[C@H]1CC[C@]2(C)[C@H]3CC[C@]4(C)[C@@H](C(C)CCCC(C)C)CC[C@H]4[C@@H]3C/C(=N\[N+](=O)[O-])[C@@]2(OC(C)=O)C1. The third-order valence-corrected chi connectivity index (χ3v) is 11.6. The third-order valence-electron chi connectivity index (χ3n) is 11.6. The van der Waals surface area contributed by atoms with Crippen molar-refractivity contribution in [2.24, 2.45) is 51.4 Å². The fraction of sp³-hybridized carbons (Fsp3) is 0.903. The van der Waals surface area contributed by atoms with Crippen molar-refractivity contribution in [1.82, 2.24) is 0 Å². The van der Waals surface area contributed by atoms with Crippen LogP contribution in [-0.4, -0.2) is 34.4 Å². The number of nitrogens with zero attached hydrogens (tertiary/aromatic N) is 2. The zero-order chi connectivity index (χ0) is 28.8. The zero-order valence-corrected chi connectivity index (χ0v) is 25.2. The highest BCUT2D eigenvalue weighted by atomic mass is 16.7. The first-order chi connectivity index (χ1) is 18.2. The molecule has 4 aliphatic rings. The van der Waals surface area contributed by atoms with Crippen molar-refractivity contribution >= 4 is 17.7 Å². The molecule has 0 saturated heterocycles. The molecule has 0 N–H and O–H groups in total. The fourth-order valence-electron chi connectivity index (χ4n) is 10.0. The molecular weight excluding hydrogens is 496 g/mol. The average molecular weight is 547 g/mol. The van der Waals surface area contributed by atoms with E-state index in [4.69, 9.17) is 9.47 Å². The Kier molecular flexibility index (Phi) is 8.55. The van der Waals surface area contributed by atoms with Gasteiger partial charge in [0.1, 0.15) is 11.8 Å². The van der Waals surface area contributed by atoms with Gasteiger partial charge < -0.3 is 9.47 Å². The molecule has 0 heterocycles. The number of esters is 2. The van der Waals surface area contributed by atoms with Gasteiger partial charge in [0.25, 0.3) is 0 Å². The average Bonchev–Trinajstić information content (AvgIpc) is 3.16. The van der Waals surface area contributed by atoms with Crippen LogP contribution in [0, 0.1) is 56.5 Å². The van der Waals surface area contributed by atoms with Gasteiger partial charge in [-0.1, -0.05) is 53.9 Å². The van der Waals surface area contributed by atoms with Crippen LogP contribution in [0.1, 0.15) is 119 Å². The van der Waals surface area contributed by atoms with Gasteiger partial charge in [-0.15, -0.1) is 0 Å². The van der Waals surface area contributed by atoms with Crippen LogP contribution < -0.4 is 0 Å². The normalized spacial score (nSPS) is 41.3. The Morgan fingerprint density at radius 2 is 1.74 bits per heavy atom. The van der Waals surface area contributed by atoms with E-state index in [0.717, 1.165) is 25.2 Å². The van der Waals surface area contributed by atoms with Crippen molar-refractivity contribution in [3.05, 3.63) is 10.1 Å². The molecule has 4 saturated carbocycles. The highest BCUT2D eigenvalue weighted by molar-refractivity contribution is 5.96. The smallest absolute Gasteiger partial charge is 0.303 e. The summed E-state index contributed by atoms with van der Waals surface area (Å²) in [6.45, 7) is 14.4. The van der Waals surface area contributed by atoms with Crippen LogP contribution in [0.15, 0.2) is 5.10 Å². The summed E-state index contributed by atoms with van der Waals surface area (Å²) in [7, 11) is 0. The molecule has 0 amide bonds. The molecule has 1 unspecified atom stereocenters. The molecule has 0 bridgehead atoms. The summed E-state index contributed by atoms with van der Waals surface area (Å²) in [6, 6.07) is 0. The predicted molar refractivity (Wildman–Crippen MR) is 149 cm³/mol. The molecule has 0 spiro atoms. The van der Waals surface area contributed by atoms with Crippen molar-refractivity contribution < 1.29 is 24.1 Å². The number of ether oxygens (including phenoxy) is 2. The van der Waals surface area contributed by atoms with Gasteiger partial charge in [-0.25, -0.2) is 10.1 Å². The van der Waals surface area contributed by atoms with E-state index in [2.05, 4.69) is 39.7 Å². The van der Waals surface area contributed by atoms with Crippen molar-refractivity contribution in [3.8, 4) is 0 Å². The van der Waals surface area contributed by atoms with Gasteiger partial charge in [0, 0.05) is 25.7 Å². The van der Waals surface area contributed by atoms with Gasteiger partial charge >= 0.3 is 11.9 Å². The number of hydrogen-bond acceptors (Lipinski definition) is 6. The molecule has 8 heteroatoms. The summed E-state index contributed by atoms with van der Waals surface area (Å²) >= 11 is 0. The van der Waals surface area contributed by atoms with E-state index >= 15 is 0 Å². The fourth-order valence-corrected chi connectivity index (χ4v) is 10.0. The summed E-state index contributed by atoms with van der Waals surface area (Å²) in [5.74, 6) is 2.22. The summed E-state index contributed by atoms with van der Waals surface area (Å²) in [6.07, 6.45) is 9.91. The van der Waals surface area contributed by atoms with E-state index < -0.39 is 34.1 Å². The lowest BCUT2D eigenvalue weighted by Crippen LogP contribution is -2.69. The number of fused-ring (bicyclic) bond motifs is 5. The van der Waals surface area contributed by atoms with Crippen LogP contribution in [0.2, 0.25) is 0 Å². The number of nitro groups is 1. The largest absolute Gasteiger partial charge is 0.462 e. The third kappa shape index (κ3) is 5.38. The minimum atomic E-state index is -1.23. The Morgan fingerprint density at radius 3 is 2.36 bits per heavy atom. The van der Waals surface area contributed by atoms with E-state index in [9.17, 15) is 19.7 Å². The highest BCUT2D eigenvalue weighted by Crippen LogP contribution is 2.69. The molecule has 9 atom stereocenters. The number of carbonyl (C=O) groups excluding carboxylic acids is 2. The second-order valence-corrected chi connectivity index (χ2v) is 14.2. The first-order valence-corrected chi connectivity index (χ1v) is 15.3. The molecule has 8 nitrogen and oxygen atoms in total. The molecule has 4 aliphatic carbocycles. The molecule has 4 fully saturated rings. The zero-order valence-electron chi connectivity index (χ0n) is 25.2. The molecule has 0 aromatic rings. The predicted octanol–water partition coefficient (Wildman–Crippen LogP) is 6.97. The van der Waals surface area contributed by atoms with Gasteiger partial charge in [-0.3, -0.25) is 9.59 Å². The number of hydrazone groups is 1. The summed E-state index contributed by atoms with van der Waals surface area (Å²) < 4.78 is 11.8. The Bertz CT molecular complexity index is 996. The number of carbonyl (C=O) groups is 2. The van der Waals surface area contributed by atoms with Crippen molar-refractivity contribution in [2.45, 2.75) is 131 Å². The van der Waals surface area contributed by atoms with Gasteiger partial charge in [-0.05, 0) is 85.9 Å². The molecule has 0 aromatic heterocycles. The lowest BCUT2D eigenvalue weighted by molar-refractivity contribution is -0.486. The summed E-state index contributed by atoms with van der Waals surface area (Å²) in [4.78, 5) is 36.3. The first kappa shape index (κ1) is 30.0. The standard InChI is InChI=1S/C31H50N2O6/c1-19(2)9-8-10-20(3)25-11-12-26-24-17-28(32-33(36)37)31(39-22(5)35)18-23(38-21(4)34)13-16-30(31,7)27(24)14-15-29(25,26)6/h19-20,23-27H,8-18H2,1-7H3/b32-28+/t20?,23-,24-,25+,26-,27-,29+,30+,31-/m0/s1. The molecule has 0 aromatic carbocycles. The maximum atomic E-state index is 12.5. The van der Waals surface area contributed by atoms with Crippen molar-refractivity contribution in [2.75, 3.05) is 0 Å². The first-order valence-electron chi connectivity index (χ1n) is 15.3. The molecule has 0 aliphatic heterocycles. The van der Waals surface area contributed by atoms with Crippen LogP contribution in [0.5, 0.6) is 0 Å². The monoisotopic (exact) mass is 546 g/mol. The van der Waals surface area contributed by atoms with E-state index in [1.165, 1.54) is 39.5 Å². The second-order valence-electron chi connectivity index (χ2n) is 14.2. The Labute approximate surface area is 234 Å². The van der Waals surface area contributed by atoms with E-state index in [1.807, 2.05) is 0 Å². The lowest BCUT2D eigenvalue weighted by Gasteiger charge is -2.64. The van der Waals surface area contributed by atoms with Crippen molar-refractivity contribution in [3.63, 3.8) is 0 Å². The van der Waals surface area contributed by atoms with E-state index in [0.29, 0.717) is 42.7 Å². The van der Waals surface area contributed by atoms with E-state index in [1.54, 1.807) is 0 Å². The minimum Gasteiger partial charge on any atom is -0.462 e. The van der Waals surface area contributed by atoms with E-state index in [-0.39, 0.29) is 23.7 Å². The van der Waals surface area contributed by atoms with Gasteiger partial charge in [0.2, 0.25) is 0 Å². The maximum absolute atomic E-state index is 12.5. The van der Waals surface area contributed by atoms with Gasteiger partial charge in [0.15, 0.2) is 10.6 Å². The van der Waals surface area contributed by atoms with Crippen LogP contribution in [0.25, 0.3) is 0 Å². The van der Waals surface area contributed by atoms with Gasteiger partial charge in [0.05, 0.1) is 5.10 Å². The molecule has 220 valence electrons. The van der Waals surface area contributed by atoms with Crippen LogP contribution >= 0.6 is 0 Å². The number of rotatable bonds is 8. The highest BCUT2D eigenvalue weighted by Gasteiger charge is 2.70. The Morgan fingerprint density at radius 1 is 1.03 bits per heavy atom. The molecular formula is C31H50N2O6. The van der Waals surface area contributed by atoms with Crippen molar-refractivity contribution in [1.29, 1.82) is 0 Å². The summed E-state index contributed by atoms with van der Waals surface area (Å²) in [5.41, 5.74) is -1.16. The minimum absolute atomic E-state index is 0.213.